The van der Waals surface area contributed by atoms with Crippen LogP contribution in [0.3, 0.4) is 0 Å². The summed E-state index contributed by atoms with van der Waals surface area (Å²) in [6, 6.07) is 11.8. The number of hydrogen-bond acceptors (Lipinski definition) is 3. The van der Waals surface area contributed by atoms with E-state index in [1.165, 1.54) is 0 Å². The molecule has 0 bridgehead atoms. The Labute approximate surface area is 113 Å². The molecule has 1 aliphatic carbocycles. The summed E-state index contributed by atoms with van der Waals surface area (Å²) in [6.45, 7) is 2.03. The third kappa shape index (κ3) is 2.76. The van der Waals surface area contributed by atoms with Gasteiger partial charge in [0.2, 0.25) is 0 Å². The van der Waals surface area contributed by atoms with Crippen LogP contribution in [-0.4, -0.2) is 11.1 Å². The monoisotopic (exact) mass is 254 g/mol. The van der Waals surface area contributed by atoms with Crippen molar-refractivity contribution in [3.63, 3.8) is 0 Å². The van der Waals surface area contributed by atoms with E-state index < -0.39 is 0 Å². The van der Waals surface area contributed by atoms with Gasteiger partial charge in [0.1, 0.15) is 5.75 Å². The fourth-order valence-electron chi connectivity index (χ4n) is 2.14. The maximum Gasteiger partial charge on any atom is 0.120 e. The second-order valence-electron chi connectivity index (χ2n) is 5.07. The maximum atomic E-state index is 6.31. The molecule has 2 N–H and O–H groups in total. The number of aromatic nitrogens is 1. The molecule has 1 unspecified atom stereocenters. The first kappa shape index (κ1) is 12.2. The van der Waals surface area contributed by atoms with Crippen LogP contribution in [0.25, 0.3) is 0 Å². The molecule has 1 aromatic heterocycles. The predicted molar refractivity (Wildman–Crippen MR) is 75.1 cm³/mol. The van der Waals surface area contributed by atoms with Gasteiger partial charge in [0.05, 0.1) is 17.8 Å². The minimum atomic E-state index is -0.205. The molecule has 3 rings (SSSR count). The van der Waals surface area contributed by atoms with Crippen molar-refractivity contribution in [2.75, 3.05) is 0 Å². The fourth-order valence-corrected chi connectivity index (χ4v) is 2.14. The van der Waals surface area contributed by atoms with Gasteiger partial charge in [0.15, 0.2) is 0 Å². The van der Waals surface area contributed by atoms with Crippen molar-refractivity contribution < 1.29 is 4.74 Å². The highest BCUT2D eigenvalue weighted by molar-refractivity contribution is 5.36. The van der Waals surface area contributed by atoms with Gasteiger partial charge in [-0.05, 0) is 49.1 Å². The molecule has 1 aliphatic rings. The quantitative estimate of drug-likeness (QED) is 0.912. The van der Waals surface area contributed by atoms with Gasteiger partial charge in [-0.3, -0.25) is 4.98 Å². The second kappa shape index (κ2) is 5.02. The molecular weight excluding hydrogens is 236 g/mol. The normalized spacial score (nSPS) is 16.1. The molecule has 1 aromatic carbocycles. The molecule has 1 heterocycles. The summed E-state index contributed by atoms with van der Waals surface area (Å²) in [5.74, 6) is 0.907. The largest absolute Gasteiger partial charge is 0.490 e. The molecule has 1 saturated carbocycles. The first-order valence-electron chi connectivity index (χ1n) is 6.68. The van der Waals surface area contributed by atoms with Crippen LogP contribution >= 0.6 is 0 Å². The standard InChI is InChI=1S/C16H18N2O/c1-11-4-3-9-18-16(11)15(17)12-5-2-6-14(10-12)19-13-7-8-13/h2-6,9-10,13,15H,7-8,17H2,1H3. The smallest absolute Gasteiger partial charge is 0.120 e. The molecule has 3 heteroatoms. The Morgan fingerprint density at radius 1 is 1.26 bits per heavy atom. The number of nitrogens with two attached hydrogens (primary N) is 1. The third-order valence-electron chi connectivity index (χ3n) is 3.39. The highest BCUT2D eigenvalue weighted by atomic mass is 16.5. The Morgan fingerprint density at radius 2 is 2.11 bits per heavy atom. The Morgan fingerprint density at radius 3 is 2.84 bits per heavy atom. The lowest BCUT2D eigenvalue weighted by atomic mass is 10.0. The summed E-state index contributed by atoms with van der Waals surface area (Å²) in [4.78, 5) is 4.39. The summed E-state index contributed by atoms with van der Waals surface area (Å²) in [5, 5.41) is 0. The molecule has 0 amide bonds. The molecule has 2 aromatic rings. The lowest BCUT2D eigenvalue weighted by Crippen LogP contribution is -2.15. The molecule has 98 valence electrons. The van der Waals surface area contributed by atoms with E-state index in [4.69, 9.17) is 10.5 Å². The molecule has 0 saturated heterocycles. The Kier molecular flexibility index (Phi) is 3.22. The number of aryl methyl sites for hydroxylation is 1. The highest BCUT2D eigenvalue weighted by Gasteiger charge is 2.23. The molecule has 1 atom stereocenters. The Bertz CT molecular complexity index is 578. The zero-order chi connectivity index (χ0) is 13.2. The molecule has 0 spiro atoms. The van der Waals surface area contributed by atoms with E-state index >= 15 is 0 Å². The average Bonchev–Trinajstić information content (AvgIpc) is 3.23. The van der Waals surface area contributed by atoms with Crippen molar-refractivity contribution in [3.8, 4) is 5.75 Å². The van der Waals surface area contributed by atoms with Gasteiger partial charge in [0, 0.05) is 6.20 Å². The Balaban J connectivity index is 1.86. The van der Waals surface area contributed by atoms with Crippen LogP contribution in [0.2, 0.25) is 0 Å². The van der Waals surface area contributed by atoms with Crippen LogP contribution in [0.15, 0.2) is 42.6 Å². The molecule has 1 fully saturated rings. The number of benzene rings is 1. The summed E-state index contributed by atoms with van der Waals surface area (Å²) in [7, 11) is 0. The molecule has 3 nitrogen and oxygen atoms in total. The lowest BCUT2D eigenvalue weighted by molar-refractivity contribution is 0.303. The first-order chi connectivity index (χ1) is 9.24. The SMILES string of the molecule is Cc1cccnc1C(N)c1cccc(OC2CC2)c1. The van der Waals surface area contributed by atoms with E-state index in [1.54, 1.807) is 6.20 Å². The van der Waals surface area contributed by atoms with E-state index in [-0.39, 0.29) is 6.04 Å². The third-order valence-corrected chi connectivity index (χ3v) is 3.39. The minimum Gasteiger partial charge on any atom is -0.490 e. The molecule has 0 aliphatic heterocycles. The van der Waals surface area contributed by atoms with Crippen LogP contribution in [0.4, 0.5) is 0 Å². The summed E-state index contributed by atoms with van der Waals surface area (Å²) < 4.78 is 5.81. The second-order valence-corrected chi connectivity index (χ2v) is 5.07. The van der Waals surface area contributed by atoms with Gasteiger partial charge in [-0.1, -0.05) is 18.2 Å². The van der Waals surface area contributed by atoms with E-state index in [9.17, 15) is 0 Å². The van der Waals surface area contributed by atoms with Crippen molar-refractivity contribution >= 4 is 0 Å². The number of pyridine rings is 1. The molecule has 19 heavy (non-hydrogen) atoms. The first-order valence-corrected chi connectivity index (χ1v) is 6.68. The van der Waals surface area contributed by atoms with E-state index in [0.29, 0.717) is 6.10 Å². The highest BCUT2D eigenvalue weighted by Crippen LogP contribution is 2.29. The maximum absolute atomic E-state index is 6.31. The number of hydrogen-bond donors (Lipinski definition) is 1. The van der Waals surface area contributed by atoms with Gasteiger partial charge < -0.3 is 10.5 Å². The molecule has 0 radical (unpaired) electrons. The van der Waals surface area contributed by atoms with Crippen LogP contribution in [0.5, 0.6) is 5.75 Å². The minimum absolute atomic E-state index is 0.205. The predicted octanol–water partition coefficient (Wildman–Crippen LogP) is 2.98. The lowest BCUT2D eigenvalue weighted by Gasteiger charge is -2.15. The van der Waals surface area contributed by atoms with Crippen LogP contribution in [-0.2, 0) is 0 Å². The number of nitrogens with zero attached hydrogens (tertiary/aromatic N) is 1. The number of ether oxygens (including phenoxy) is 1. The van der Waals surface area contributed by atoms with Crippen LogP contribution in [0, 0.1) is 6.92 Å². The zero-order valence-electron chi connectivity index (χ0n) is 11.0. The van der Waals surface area contributed by atoms with Gasteiger partial charge in [-0.25, -0.2) is 0 Å². The van der Waals surface area contributed by atoms with E-state index in [0.717, 1.165) is 35.4 Å². The summed E-state index contributed by atoms with van der Waals surface area (Å²) >= 11 is 0. The number of rotatable bonds is 4. The van der Waals surface area contributed by atoms with Gasteiger partial charge in [0.25, 0.3) is 0 Å². The van der Waals surface area contributed by atoms with Crippen molar-refractivity contribution in [2.45, 2.75) is 31.9 Å². The van der Waals surface area contributed by atoms with Crippen molar-refractivity contribution in [1.29, 1.82) is 0 Å². The van der Waals surface area contributed by atoms with Crippen molar-refractivity contribution in [3.05, 3.63) is 59.4 Å². The van der Waals surface area contributed by atoms with Crippen molar-refractivity contribution in [2.24, 2.45) is 5.73 Å². The molecular formula is C16H18N2O. The van der Waals surface area contributed by atoms with Gasteiger partial charge in [-0.2, -0.15) is 0 Å². The van der Waals surface area contributed by atoms with Gasteiger partial charge in [-0.15, -0.1) is 0 Å². The van der Waals surface area contributed by atoms with Crippen LogP contribution in [0.1, 0.15) is 35.7 Å². The summed E-state index contributed by atoms with van der Waals surface area (Å²) in [6.07, 6.45) is 4.51. The average molecular weight is 254 g/mol. The zero-order valence-corrected chi connectivity index (χ0v) is 11.0. The van der Waals surface area contributed by atoms with E-state index in [2.05, 4.69) is 4.98 Å². The Hall–Kier alpha value is -1.87. The summed E-state index contributed by atoms with van der Waals surface area (Å²) in [5.41, 5.74) is 9.39. The fraction of sp³-hybridized carbons (Fsp3) is 0.312. The topological polar surface area (TPSA) is 48.1 Å². The van der Waals surface area contributed by atoms with Crippen LogP contribution < -0.4 is 10.5 Å². The van der Waals surface area contributed by atoms with E-state index in [1.807, 2.05) is 43.3 Å². The van der Waals surface area contributed by atoms with Gasteiger partial charge >= 0.3 is 0 Å². The van der Waals surface area contributed by atoms with Crippen molar-refractivity contribution in [1.82, 2.24) is 4.98 Å².